The number of carbonyl (C=O) groups is 1. The zero-order valence-electron chi connectivity index (χ0n) is 21.4. The highest BCUT2D eigenvalue weighted by Gasteiger charge is 2.31. The third-order valence-electron chi connectivity index (χ3n) is 6.62. The minimum Gasteiger partial charge on any atom is -0.494 e. The number of hydrogen-bond donors (Lipinski definition) is 2. The van der Waals surface area contributed by atoms with Crippen molar-refractivity contribution in [3.63, 3.8) is 0 Å². The van der Waals surface area contributed by atoms with E-state index in [1.807, 2.05) is 48.1 Å². The topological polar surface area (TPSA) is 100 Å². The summed E-state index contributed by atoms with van der Waals surface area (Å²) in [5.41, 5.74) is 5.71. The van der Waals surface area contributed by atoms with Crippen LogP contribution >= 0.6 is 0 Å². The Hall–Kier alpha value is -4.44. The minimum absolute atomic E-state index is 0.288. The second kappa shape index (κ2) is 9.90. The van der Waals surface area contributed by atoms with Gasteiger partial charge in [0.25, 0.3) is 0 Å². The molecule has 3 aromatic heterocycles. The lowest BCUT2D eigenvalue weighted by Crippen LogP contribution is -2.57. The molecule has 1 fully saturated rings. The van der Waals surface area contributed by atoms with E-state index >= 15 is 0 Å². The second-order valence-electron chi connectivity index (χ2n) is 9.20. The zero-order chi connectivity index (χ0) is 26.1. The maximum absolute atomic E-state index is 12.2. The van der Waals surface area contributed by atoms with E-state index in [1.165, 1.54) is 6.08 Å². The molecular formula is C27H30N8O2. The molecule has 37 heavy (non-hydrogen) atoms. The number of methoxy groups -OCH3 is 1. The fourth-order valence-corrected chi connectivity index (χ4v) is 4.45. The smallest absolute Gasteiger partial charge is 0.247 e. The number of rotatable bonds is 8. The number of aryl methyl sites for hydroxylation is 1. The van der Waals surface area contributed by atoms with Crippen molar-refractivity contribution in [2.45, 2.75) is 6.04 Å². The molecule has 10 heteroatoms. The van der Waals surface area contributed by atoms with Crippen molar-refractivity contribution in [1.29, 1.82) is 0 Å². The van der Waals surface area contributed by atoms with Crippen molar-refractivity contribution in [3.05, 3.63) is 61.6 Å². The van der Waals surface area contributed by atoms with E-state index in [4.69, 9.17) is 9.72 Å². The number of nitrogens with one attached hydrogen (secondary N) is 2. The number of anilines is 4. The summed E-state index contributed by atoms with van der Waals surface area (Å²) in [6.45, 7) is 5.29. The molecule has 0 aliphatic carbocycles. The largest absolute Gasteiger partial charge is 0.494 e. The third kappa shape index (κ3) is 4.70. The predicted octanol–water partition coefficient (Wildman–Crippen LogP) is 3.66. The number of ether oxygens (including phenoxy) is 1. The molecule has 2 N–H and O–H groups in total. The first kappa shape index (κ1) is 24.3. The van der Waals surface area contributed by atoms with Crippen LogP contribution in [0.3, 0.4) is 0 Å². The lowest BCUT2D eigenvalue weighted by atomic mass is 10.0. The van der Waals surface area contributed by atoms with Gasteiger partial charge in [-0.2, -0.15) is 0 Å². The Morgan fingerprint density at radius 1 is 1.19 bits per heavy atom. The summed E-state index contributed by atoms with van der Waals surface area (Å²) < 4.78 is 7.74. The lowest BCUT2D eigenvalue weighted by Gasteiger charge is -2.45. The Balaban J connectivity index is 1.49. The summed E-state index contributed by atoms with van der Waals surface area (Å²) in [6, 6.07) is 10.0. The first-order valence-corrected chi connectivity index (χ1v) is 11.9. The average molecular weight is 499 g/mol. The average Bonchev–Trinajstić information content (AvgIpc) is 3.20. The quantitative estimate of drug-likeness (QED) is 0.355. The zero-order valence-corrected chi connectivity index (χ0v) is 21.4. The van der Waals surface area contributed by atoms with E-state index < -0.39 is 0 Å². The molecule has 1 aliphatic rings. The standard InChI is InChI=1S/C27H30N8O2/c1-6-25(36)30-20-12-21(24(37-5)13-23(20)35-14-17(15-35)33(2)3)32-27-29-11-9-19(31-27)18-16-34(4)22-8-7-10-28-26(18)22/h6-13,16-17H,1,14-15H2,2-5H3,(H,30,36)(H,29,31,32). The number of amides is 1. The summed E-state index contributed by atoms with van der Waals surface area (Å²) in [6.07, 6.45) is 6.74. The van der Waals surface area contributed by atoms with Gasteiger partial charge in [0, 0.05) is 56.4 Å². The van der Waals surface area contributed by atoms with Gasteiger partial charge in [-0.05, 0) is 44.4 Å². The van der Waals surface area contributed by atoms with Crippen LogP contribution in [-0.2, 0) is 11.8 Å². The number of fused-ring (bicyclic) bond motifs is 1. The van der Waals surface area contributed by atoms with Gasteiger partial charge in [-0.3, -0.25) is 9.78 Å². The van der Waals surface area contributed by atoms with Crippen molar-refractivity contribution in [1.82, 2.24) is 24.4 Å². The summed E-state index contributed by atoms with van der Waals surface area (Å²) in [5.74, 6) is 0.721. The van der Waals surface area contributed by atoms with Crippen LogP contribution in [0.25, 0.3) is 22.3 Å². The van der Waals surface area contributed by atoms with Crippen molar-refractivity contribution in [2.24, 2.45) is 7.05 Å². The summed E-state index contributed by atoms with van der Waals surface area (Å²) >= 11 is 0. The van der Waals surface area contributed by atoms with Gasteiger partial charge >= 0.3 is 0 Å². The molecule has 1 aliphatic heterocycles. The van der Waals surface area contributed by atoms with Crippen LogP contribution in [0.2, 0.25) is 0 Å². The van der Waals surface area contributed by atoms with Crippen molar-refractivity contribution in [3.8, 4) is 17.0 Å². The number of aromatic nitrogens is 4. The van der Waals surface area contributed by atoms with Gasteiger partial charge in [0.1, 0.15) is 5.75 Å². The number of carbonyl (C=O) groups excluding carboxylic acids is 1. The second-order valence-corrected chi connectivity index (χ2v) is 9.20. The van der Waals surface area contributed by atoms with Gasteiger partial charge < -0.3 is 29.7 Å². The number of benzene rings is 1. The maximum Gasteiger partial charge on any atom is 0.247 e. The van der Waals surface area contributed by atoms with Crippen molar-refractivity contribution < 1.29 is 9.53 Å². The molecule has 0 saturated carbocycles. The van der Waals surface area contributed by atoms with Crippen LogP contribution in [0.1, 0.15) is 0 Å². The molecule has 4 aromatic rings. The van der Waals surface area contributed by atoms with Gasteiger partial charge in [0.15, 0.2) is 0 Å². The third-order valence-corrected chi connectivity index (χ3v) is 6.62. The Bertz CT molecular complexity index is 1470. The minimum atomic E-state index is -0.288. The van der Waals surface area contributed by atoms with Gasteiger partial charge in [-0.25, -0.2) is 9.97 Å². The Labute approximate surface area is 215 Å². The summed E-state index contributed by atoms with van der Waals surface area (Å²) in [7, 11) is 7.74. The number of hydrogen-bond acceptors (Lipinski definition) is 8. The SMILES string of the molecule is C=CC(=O)Nc1cc(Nc2nccc(-c3cn(C)c4cccnc34)n2)c(OC)cc1N1CC(N(C)C)C1. The van der Waals surface area contributed by atoms with E-state index in [0.29, 0.717) is 29.1 Å². The molecule has 0 unspecified atom stereocenters. The predicted molar refractivity (Wildman–Crippen MR) is 147 cm³/mol. The van der Waals surface area contributed by atoms with E-state index in [9.17, 15) is 4.79 Å². The molecule has 0 spiro atoms. The van der Waals surface area contributed by atoms with Crippen LogP contribution in [0.4, 0.5) is 23.0 Å². The van der Waals surface area contributed by atoms with Crippen molar-refractivity contribution >= 4 is 40.0 Å². The van der Waals surface area contributed by atoms with E-state index in [-0.39, 0.29) is 5.91 Å². The van der Waals surface area contributed by atoms with Crippen LogP contribution in [0.5, 0.6) is 5.75 Å². The highest BCUT2D eigenvalue weighted by atomic mass is 16.5. The first-order valence-electron chi connectivity index (χ1n) is 11.9. The maximum atomic E-state index is 12.2. The fourth-order valence-electron chi connectivity index (χ4n) is 4.45. The van der Waals surface area contributed by atoms with Crippen molar-refractivity contribution in [2.75, 3.05) is 49.8 Å². The molecule has 190 valence electrons. The fraction of sp³-hybridized carbons (Fsp3) is 0.259. The van der Waals surface area contributed by atoms with Crippen LogP contribution in [0, 0.1) is 0 Å². The molecular weight excluding hydrogens is 468 g/mol. The Morgan fingerprint density at radius 3 is 2.73 bits per heavy atom. The number of nitrogens with zero attached hydrogens (tertiary/aromatic N) is 6. The summed E-state index contributed by atoms with van der Waals surface area (Å²) in [5, 5.41) is 6.20. The van der Waals surface area contributed by atoms with Crippen LogP contribution < -0.4 is 20.3 Å². The Morgan fingerprint density at radius 2 is 2.00 bits per heavy atom. The van der Waals surface area contributed by atoms with Crippen LogP contribution in [-0.4, -0.2) is 70.7 Å². The molecule has 0 radical (unpaired) electrons. The first-order chi connectivity index (χ1) is 17.9. The molecule has 10 nitrogen and oxygen atoms in total. The highest BCUT2D eigenvalue weighted by molar-refractivity contribution is 6.02. The summed E-state index contributed by atoms with van der Waals surface area (Å²) in [4.78, 5) is 30.3. The Kier molecular flexibility index (Phi) is 6.49. The molecule has 4 heterocycles. The molecule has 0 bridgehead atoms. The van der Waals surface area contributed by atoms with E-state index in [1.54, 1.807) is 19.5 Å². The van der Waals surface area contributed by atoms with Crippen LogP contribution in [0.15, 0.2) is 61.6 Å². The molecule has 1 aromatic carbocycles. The number of pyridine rings is 1. The molecule has 1 saturated heterocycles. The van der Waals surface area contributed by atoms with Gasteiger partial charge in [-0.15, -0.1) is 0 Å². The molecule has 5 rings (SSSR count). The van der Waals surface area contributed by atoms with E-state index in [0.717, 1.165) is 41.1 Å². The number of likely N-dealkylation sites (N-methyl/N-ethyl adjacent to an activating group) is 1. The van der Waals surface area contributed by atoms with Gasteiger partial charge in [0.2, 0.25) is 11.9 Å². The molecule has 1 amide bonds. The van der Waals surface area contributed by atoms with Gasteiger partial charge in [-0.1, -0.05) is 6.58 Å². The van der Waals surface area contributed by atoms with Gasteiger partial charge in [0.05, 0.1) is 40.9 Å². The lowest BCUT2D eigenvalue weighted by molar-refractivity contribution is -0.111. The molecule has 0 atom stereocenters. The highest BCUT2D eigenvalue weighted by Crippen LogP contribution is 2.40. The van der Waals surface area contributed by atoms with E-state index in [2.05, 4.69) is 51.1 Å². The monoisotopic (exact) mass is 498 g/mol. The normalized spacial score (nSPS) is 13.5.